The van der Waals surface area contributed by atoms with Crippen molar-refractivity contribution in [3.63, 3.8) is 0 Å². The maximum Gasteiger partial charge on any atom is 0.225 e. The number of benzene rings is 2. The highest BCUT2D eigenvalue weighted by atomic mass is 32.2. The lowest BCUT2D eigenvalue weighted by molar-refractivity contribution is -0.115. The van der Waals surface area contributed by atoms with Crippen molar-refractivity contribution in [2.45, 2.75) is 18.4 Å². The second-order valence-electron chi connectivity index (χ2n) is 6.35. The molecule has 1 aromatic heterocycles. The number of hydrogen-bond acceptors (Lipinski definition) is 6. The Morgan fingerprint density at radius 1 is 1.03 bits per heavy atom. The van der Waals surface area contributed by atoms with Gasteiger partial charge in [-0.2, -0.15) is 0 Å². The summed E-state index contributed by atoms with van der Waals surface area (Å²) in [6.07, 6.45) is 0.352. The molecule has 0 spiro atoms. The van der Waals surface area contributed by atoms with E-state index in [9.17, 15) is 4.79 Å². The van der Waals surface area contributed by atoms with Crippen molar-refractivity contribution in [1.82, 2.24) is 4.98 Å². The van der Waals surface area contributed by atoms with E-state index in [1.54, 1.807) is 51.3 Å². The monoisotopic (exact) mass is 412 g/mol. The quantitative estimate of drug-likeness (QED) is 0.541. The predicted molar refractivity (Wildman–Crippen MR) is 117 cm³/mol. The molecular weight excluding hydrogens is 388 g/mol. The maximum atomic E-state index is 12.4. The zero-order chi connectivity index (χ0) is 20.8. The van der Waals surface area contributed by atoms with Crippen LogP contribution < -0.4 is 19.5 Å². The van der Waals surface area contributed by atoms with E-state index in [1.807, 2.05) is 24.3 Å². The number of fused-ring (bicyclic) bond motifs is 1. The maximum absolute atomic E-state index is 12.4. The van der Waals surface area contributed by atoms with Gasteiger partial charge in [0.15, 0.2) is 0 Å². The summed E-state index contributed by atoms with van der Waals surface area (Å²) < 4.78 is 15.9. The number of carbonyl (C=O) groups excluding carboxylic acids is 1. The summed E-state index contributed by atoms with van der Waals surface area (Å²) in [7, 11) is 4.79. The lowest BCUT2D eigenvalue weighted by Crippen LogP contribution is -2.13. The molecule has 1 heterocycles. The molecule has 0 saturated carbocycles. The van der Waals surface area contributed by atoms with Crippen LogP contribution in [-0.4, -0.2) is 38.0 Å². The van der Waals surface area contributed by atoms with Gasteiger partial charge >= 0.3 is 0 Å². The average molecular weight is 413 g/mol. The van der Waals surface area contributed by atoms with Gasteiger partial charge in [-0.1, -0.05) is 12.1 Å². The van der Waals surface area contributed by atoms with Gasteiger partial charge in [-0.25, -0.2) is 4.98 Å². The molecule has 7 heteroatoms. The van der Waals surface area contributed by atoms with Gasteiger partial charge in [-0.15, -0.1) is 11.8 Å². The molecule has 0 atom stereocenters. The fourth-order valence-electron chi connectivity index (χ4n) is 2.96. The van der Waals surface area contributed by atoms with Crippen molar-refractivity contribution in [3.05, 3.63) is 48.0 Å². The van der Waals surface area contributed by atoms with Crippen molar-refractivity contribution in [3.8, 4) is 17.2 Å². The molecule has 2 aromatic carbocycles. The van der Waals surface area contributed by atoms with E-state index in [2.05, 4.69) is 12.2 Å². The first-order chi connectivity index (χ1) is 14.0. The van der Waals surface area contributed by atoms with Crippen LogP contribution in [0, 0.1) is 6.92 Å². The molecular formula is C22H24N2O4S. The van der Waals surface area contributed by atoms with E-state index in [0.29, 0.717) is 29.4 Å². The molecule has 29 heavy (non-hydrogen) atoms. The Kier molecular flexibility index (Phi) is 6.82. The molecule has 0 bridgehead atoms. The number of carbonyl (C=O) groups is 1. The van der Waals surface area contributed by atoms with E-state index < -0.39 is 0 Å². The number of pyridine rings is 1. The SMILES string of the molecule is COc1ccc(NC(=O)CCSc2cc(C)c3cccc(OC)c3n2)c(OC)c1. The summed E-state index contributed by atoms with van der Waals surface area (Å²) in [4.78, 5) is 17.1. The Morgan fingerprint density at radius 2 is 1.83 bits per heavy atom. The summed E-state index contributed by atoms with van der Waals surface area (Å²) >= 11 is 1.54. The van der Waals surface area contributed by atoms with Crippen LogP contribution in [0.25, 0.3) is 10.9 Å². The Balaban J connectivity index is 1.63. The second kappa shape index (κ2) is 9.52. The van der Waals surface area contributed by atoms with Crippen LogP contribution in [0.1, 0.15) is 12.0 Å². The fraction of sp³-hybridized carbons (Fsp3) is 0.273. The van der Waals surface area contributed by atoms with Gasteiger partial charge in [-0.3, -0.25) is 4.79 Å². The van der Waals surface area contributed by atoms with E-state index in [1.165, 1.54) is 0 Å². The van der Waals surface area contributed by atoms with Gasteiger partial charge in [0.05, 0.1) is 32.0 Å². The molecule has 6 nitrogen and oxygen atoms in total. The van der Waals surface area contributed by atoms with Crippen molar-refractivity contribution in [2.24, 2.45) is 0 Å². The Labute approximate surface area is 174 Å². The molecule has 3 aromatic rings. The van der Waals surface area contributed by atoms with Gasteiger partial charge < -0.3 is 19.5 Å². The number of rotatable bonds is 8. The van der Waals surface area contributed by atoms with Crippen molar-refractivity contribution < 1.29 is 19.0 Å². The molecule has 0 aliphatic rings. The fourth-order valence-corrected chi connectivity index (χ4v) is 3.88. The average Bonchev–Trinajstić information content (AvgIpc) is 2.73. The normalized spacial score (nSPS) is 10.6. The third kappa shape index (κ3) is 4.92. The van der Waals surface area contributed by atoms with Crippen molar-refractivity contribution in [2.75, 3.05) is 32.4 Å². The van der Waals surface area contributed by atoms with Crippen LogP contribution in [0.4, 0.5) is 5.69 Å². The highest BCUT2D eigenvalue weighted by molar-refractivity contribution is 7.99. The number of aryl methyl sites for hydroxylation is 1. The van der Waals surface area contributed by atoms with E-state index in [0.717, 1.165) is 27.2 Å². The molecule has 0 aliphatic carbocycles. The smallest absolute Gasteiger partial charge is 0.225 e. The highest BCUT2D eigenvalue weighted by Crippen LogP contribution is 2.31. The largest absolute Gasteiger partial charge is 0.497 e. The number of thioether (sulfide) groups is 1. The van der Waals surface area contributed by atoms with Gasteiger partial charge in [0, 0.05) is 23.6 Å². The molecule has 1 amide bonds. The molecule has 0 saturated heterocycles. The molecule has 0 radical (unpaired) electrons. The van der Waals surface area contributed by atoms with Gasteiger partial charge in [-0.05, 0) is 36.8 Å². The number of amides is 1. The van der Waals surface area contributed by atoms with Gasteiger partial charge in [0.1, 0.15) is 22.8 Å². The van der Waals surface area contributed by atoms with Crippen LogP contribution in [0.2, 0.25) is 0 Å². The third-order valence-corrected chi connectivity index (χ3v) is 5.38. The molecule has 0 unspecified atom stereocenters. The molecule has 3 rings (SSSR count). The summed E-state index contributed by atoms with van der Waals surface area (Å²) in [5, 5.41) is 4.82. The predicted octanol–water partition coefficient (Wildman–Crippen LogP) is 4.69. The zero-order valence-corrected chi connectivity index (χ0v) is 17.8. The standard InChI is InChI=1S/C22H24N2O4S/c1-14-12-21(24-22-16(14)6-5-7-18(22)27-3)29-11-10-20(25)23-17-9-8-15(26-2)13-19(17)28-4/h5-9,12-13H,10-11H2,1-4H3,(H,23,25). The number of aromatic nitrogens is 1. The summed E-state index contributed by atoms with van der Waals surface area (Å²) in [6, 6.07) is 13.2. The minimum atomic E-state index is -0.0870. The second-order valence-corrected chi connectivity index (χ2v) is 7.46. The van der Waals surface area contributed by atoms with E-state index in [-0.39, 0.29) is 5.91 Å². The van der Waals surface area contributed by atoms with Gasteiger partial charge in [0.2, 0.25) is 5.91 Å². The van der Waals surface area contributed by atoms with Crippen molar-refractivity contribution >= 4 is 34.3 Å². The molecule has 152 valence electrons. The Hall–Kier alpha value is -2.93. The molecule has 0 fully saturated rings. The number of nitrogens with one attached hydrogen (secondary N) is 1. The minimum Gasteiger partial charge on any atom is -0.497 e. The zero-order valence-electron chi connectivity index (χ0n) is 16.9. The number of para-hydroxylation sites is 1. The number of ether oxygens (including phenoxy) is 3. The van der Waals surface area contributed by atoms with Crippen molar-refractivity contribution in [1.29, 1.82) is 0 Å². The summed E-state index contributed by atoms with van der Waals surface area (Å²) in [5.41, 5.74) is 2.58. The number of methoxy groups -OCH3 is 3. The summed E-state index contributed by atoms with van der Waals surface area (Å²) in [5.74, 6) is 2.50. The minimum absolute atomic E-state index is 0.0870. The van der Waals surface area contributed by atoms with Crippen LogP contribution in [0.3, 0.4) is 0 Å². The molecule has 0 aliphatic heterocycles. The van der Waals surface area contributed by atoms with Crippen LogP contribution >= 0.6 is 11.8 Å². The first-order valence-electron chi connectivity index (χ1n) is 9.14. The van der Waals surface area contributed by atoms with Crippen LogP contribution in [0.15, 0.2) is 47.5 Å². The highest BCUT2D eigenvalue weighted by Gasteiger charge is 2.11. The van der Waals surface area contributed by atoms with Crippen LogP contribution in [-0.2, 0) is 4.79 Å². The van der Waals surface area contributed by atoms with Crippen LogP contribution in [0.5, 0.6) is 17.2 Å². The molecule has 1 N–H and O–H groups in total. The first kappa shape index (κ1) is 20.8. The van der Waals surface area contributed by atoms with Gasteiger partial charge in [0.25, 0.3) is 0 Å². The van der Waals surface area contributed by atoms with E-state index >= 15 is 0 Å². The Morgan fingerprint density at radius 3 is 2.55 bits per heavy atom. The third-order valence-electron chi connectivity index (χ3n) is 4.47. The lowest BCUT2D eigenvalue weighted by atomic mass is 10.1. The lowest BCUT2D eigenvalue weighted by Gasteiger charge is -2.12. The number of anilines is 1. The summed E-state index contributed by atoms with van der Waals surface area (Å²) in [6.45, 7) is 2.05. The number of nitrogens with zero attached hydrogens (tertiary/aromatic N) is 1. The number of hydrogen-bond donors (Lipinski definition) is 1. The first-order valence-corrected chi connectivity index (χ1v) is 10.1. The van der Waals surface area contributed by atoms with E-state index in [4.69, 9.17) is 19.2 Å². The topological polar surface area (TPSA) is 69.7 Å². The Bertz CT molecular complexity index is 1020.